The van der Waals surface area contributed by atoms with Crippen LogP contribution in [0.3, 0.4) is 0 Å². The highest BCUT2D eigenvalue weighted by atomic mass is 79.9. The number of hydrogen-bond donors (Lipinski definition) is 2. The van der Waals surface area contributed by atoms with Gasteiger partial charge in [-0.3, -0.25) is 20.4 Å². The number of carbonyl (C=O) groups is 2. The Morgan fingerprint density at radius 2 is 1.60 bits per heavy atom. The van der Waals surface area contributed by atoms with Gasteiger partial charge in [0, 0.05) is 15.6 Å². The quantitative estimate of drug-likeness (QED) is 0.739. The number of carbonyl (C=O) groups excluding carboxylic acids is 2. The van der Waals surface area contributed by atoms with Gasteiger partial charge in [0.15, 0.2) is 0 Å². The number of hydrazine groups is 1. The number of amides is 2. The van der Waals surface area contributed by atoms with E-state index in [4.69, 9.17) is 4.74 Å². The van der Waals surface area contributed by atoms with Crippen LogP contribution in [0.1, 0.15) is 46.5 Å². The number of hydrogen-bond acceptors (Lipinski definition) is 3. The summed E-state index contributed by atoms with van der Waals surface area (Å²) in [7, 11) is 0. The summed E-state index contributed by atoms with van der Waals surface area (Å²) in [4.78, 5) is 24.2. The molecule has 1 unspecified atom stereocenters. The first-order chi connectivity index (χ1) is 11.9. The average molecular weight is 405 g/mol. The van der Waals surface area contributed by atoms with Crippen LogP contribution in [0.5, 0.6) is 5.75 Å². The fourth-order valence-electron chi connectivity index (χ4n) is 1.99. The van der Waals surface area contributed by atoms with Crippen molar-refractivity contribution >= 4 is 27.7 Å². The summed E-state index contributed by atoms with van der Waals surface area (Å²) in [6, 6.07) is 12.0. The molecular formula is C19H21BrN2O3. The van der Waals surface area contributed by atoms with Gasteiger partial charge in [-0.1, -0.05) is 28.9 Å². The van der Waals surface area contributed by atoms with Crippen molar-refractivity contribution in [3.63, 3.8) is 0 Å². The molecule has 0 spiro atoms. The molecular weight excluding hydrogens is 384 g/mol. The maximum absolute atomic E-state index is 12.1. The molecule has 0 aromatic heterocycles. The molecule has 0 radical (unpaired) electrons. The van der Waals surface area contributed by atoms with E-state index in [1.807, 2.05) is 26.8 Å². The molecule has 1 atom stereocenters. The summed E-state index contributed by atoms with van der Waals surface area (Å²) in [5.74, 6) is -0.0696. The van der Waals surface area contributed by atoms with Crippen molar-refractivity contribution in [2.45, 2.75) is 33.3 Å². The first kappa shape index (κ1) is 19.0. The summed E-state index contributed by atoms with van der Waals surface area (Å²) in [6.45, 7) is 5.96. The lowest BCUT2D eigenvalue weighted by molar-refractivity contribution is 0.0846. The number of aryl methyl sites for hydroxylation is 1. The number of ether oxygens (including phenoxy) is 1. The van der Waals surface area contributed by atoms with E-state index in [2.05, 4.69) is 26.8 Å². The fraction of sp³-hybridized carbons (Fsp3) is 0.263. The molecule has 2 amide bonds. The van der Waals surface area contributed by atoms with Crippen LogP contribution in [0.25, 0.3) is 0 Å². The number of rotatable bonds is 5. The normalized spacial score (nSPS) is 11.5. The Morgan fingerprint density at radius 3 is 2.16 bits per heavy atom. The molecule has 25 heavy (non-hydrogen) atoms. The number of nitrogens with one attached hydrogen (secondary N) is 2. The SMILES string of the molecule is CCC(C)Oc1ccc(C(=O)NNC(=O)c2ccc(C)c(Br)c2)cc1. The van der Waals surface area contributed by atoms with E-state index in [-0.39, 0.29) is 12.0 Å². The lowest BCUT2D eigenvalue weighted by atomic mass is 10.1. The highest BCUT2D eigenvalue weighted by Gasteiger charge is 2.10. The number of benzene rings is 2. The predicted octanol–water partition coefficient (Wildman–Crippen LogP) is 4.01. The first-order valence-corrected chi connectivity index (χ1v) is 8.83. The van der Waals surface area contributed by atoms with Gasteiger partial charge in [-0.05, 0) is 62.2 Å². The molecule has 0 fully saturated rings. The van der Waals surface area contributed by atoms with Crippen LogP contribution < -0.4 is 15.6 Å². The highest BCUT2D eigenvalue weighted by Crippen LogP contribution is 2.17. The van der Waals surface area contributed by atoms with Crippen molar-refractivity contribution < 1.29 is 14.3 Å². The van der Waals surface area contributed by atoms with Crippen LogP contribution >= 0.6 is 15.9 Å². The summed E-state index contributed by atoms with van der Waals surface area (Å²) in [5.41, 5.74) is 6.73. The maximum Gasteiger partial charge on any atom is 0.269 e. The van der Waals surface area contributed by atoms with Crippen molar-refractivity contribution in [2.75, 3.05) is 0 Å². The molecule has 5 nitrogen and oxygen atoms in total. The smallest absolute Gasteiger partial charge is 0.269 e. The third kappa shape index (κ3) is 5.32. The van der Waals surface area contributed by atoms with E-state index in [1.54, 1.807) is 36.4 Å². The van der Waals surface area contributed by atoms with Gasteiger partial charge in [0.05, 0.1) is 6.10 Å². The van der Waals surface area contributed by atoms with Crippen LogP contribution in [0.15, 0.2) is 46.9 Å². The Bertz CT molecular complexity index is 760. The third-order valence-corrected chi connectivity index (χ3v) is 4.61. The van der Waals surface area contributed by atoms with E-state index >= 15 is 0 Å². The Hall–Kier alpha value is -2.34. The Balaban J connectivity index is 1.93. The van der Waals surface area contributed by atoms with Crippen LogP contribution in [-0.4, -0.2) is 17.9 Å². The molecule has 2 N–H and O–H groups in total. The summed E-state index contributed by atoms with van der Waals surface area (Å²) >= 11 is 3.38. The van der Waals surface area contributed by atoms with Crippen LogP contribution in [-0.2, 0) is 0 Å². The van der Waals surface area contributed by atoms with Gasteiger partial charge in [0.25, 0.3) is 11.8 Å². The third-order valence-electron chi connectivity index (χ3n) is 3.75. The molecule has 0 aliphatic carbocycles. The molecule has 2 aromatic rings. The van der Waals surface area contributed by atoms with E-state index in [0.717, 1.165) is 16.5 Å². The zero-order chi connectivity index (χ0) is 18.4. The Kier molecular flexibility index (Phi) is 6.58. The molecule has 2 rings (SSSR count). The van der Waals surface area contributed by atoms with E-state index in [9.17, 15) is 9.59 Å². The van der Waals surface area contributed by atoms with E-state index in [0.29, 0.717) is 16.9 Å². The minimum atomic E-state index is -0.394. The molecule has 0 saturated carbocycles. The summed E-state index contributed by atoms with van der Waals surface area (Å²) in [6.07, 6.45) is 1.02. The van der Waals surface area contributed by atoms with Gasteiger partial charge >= 0.3 is 0 Å². The molecule has 0 aliphatic heterocycles. The van der Waals surface area contributed by atoms with Crippen LogP contribution in [0, 0.1) is 6.92 Å². The second kappa shape index (κ2) is 8.67. The van der Waals surface area contributed by atoms with E-state index < -0.39 is 5.91 Å². The summed E-state index contributed by atoms with van der Waals surface area (Å²) < 4.78 is 6.51. The zero-order valence-corrected chi connectivity index (χ0v) is 16.0. The molecule has 6 heteroatoms. The average Bonchev–Trinajstić information content (AvgIpc) is 2.62. The molecule has 132 valence electrons. The fourth-order valence-corrected chi connectivity index (χ4v) is 2.37. The van der Waals surface area contributed by atoms with Gasteiger partial charge < -0.3 is 4.74 Å². The second-order valence-corrected chi connectivity index (χ2v) is 6.59. The Labute approximate surface area is 155 Å². The van der Waals surface area contributed by atoms with Crippen molar-refractivity contribution in [2.24, 2.45) is 0 Å². The standard InChI is InChI=1S/C19H21BrN2O3/c1-4-13(3)25-16-9-7-14(8-10-16)18(23)21-22-19(24)15-6-5-12(2)17(20)11-15/h5-11,13H,4H2,1-3H3,(H,21,23)(H,22,24). The maximum atomic E-state index is 12.1. The molecule has 2 aromatic carbocycles. The first-order valence-electron chi connectivity index (χ1n) is 8.04. The van der Waals surface area contributed by atoms with Crippen molar-refractivity contribution in [1.29, 1.82) is 0 Å². The molecule has 0 heterocycles. The van der Waals surface area contributed by atoms with Crippen LogP contribution in [0.2, 0.25) is 0 Å². The van der Waals surface area contributed by atoms with Crippen LogP contribution in [0.4, 0.5) is 0 Å². The van der Waals surface area contributed by atoms with Crippen molar-refractivity contribution in [3.8, 4) is 5.75 Å². The topological polar surface area (TPSA) is 67.4 Å². The minimum absolute atomic E-state index is 0.118. The monoisotopic (exact) mass is 404 g/mol. The predicted molar refractivity (Wildman–Crippen MR) is 101 cm³/mol. The molecule has 0 aliphatic rings. The lowest BCUT2D eigenvalue weighted by Crippen LogP contribution is -2.41. The largest absolute Gasteiger partial charge is 0.491 e. The highest BCUT2D eigenvalue weighted by molar-refractivity contribution is 9.10. The van der Waals surface area contributed by atoms with Gasteiger partial charge in [-0.25, -0.2) is 0 Å². The van der Waals surface area contributed by atoms with Gasteiger partial charge in [0.2, 0.25) is 0 Å². The van der Waals surface area contributed by atoms with E-state index in [1.165, 1.54) is 0 Å². The van der Waals surface area contributed by atoms with Crippen molar-refractivity contribution in [3.05, 3.63) is 63.6 Å². The van der Waals surface area contributed by atoms with Gasteiger partial charge in [-0.15, -0.1) is 0 Å². The summed E-state index contributed by atoms with van der Waals surface area (Å²) in [5, 5.41) is 0. The van der Waals surface area contributed by atoms with Gasteiger partial charge in [0.1, 0.15) is 5.75 Å². The zero-order valence-electron chi connectivity index (χ0n) is 14.4. The minimum Gasteiger partial charge on any atom is -0.491 e. The lowest BCUT2D eigenvalue weighted by Gasteiger charge is -2.13. The molecule has 0 saturated heterocycles. The number of halogens is 1. The molecule has 0 bridgehead atoms. The van der Waals surface area contributed by atoms with Gasteiger partial charge in [-0.2, -0.15) is 0 Å². The Morgan fingerprint density at radius 1 is 1.04 bits per heavy atom. The second-order valence-electron chi connectivity index (χ2n) is 5.73. The van der Waals surface area contributed by atoms with Crippen molar-refractivity contribution in [1.82, 2.24) is 10.9 Å².